The molecular weight excluding hydrogens is 454 g/mol. The van der Waals surface area contributed by atoms with Crippen LogP contribution in [0.2, 0.25) is 0 Å². The highest BCUT2D eigenvalue weighted by Gasteiger charge is 2.38. The molecule has 1 heterocycles. The first-order valence-electron chi connectivity index (χ1n) is 10.6. The number of hydrogen-bond acceptors (Lipinski definition) is 5. The van der Waals surface area contributed by atoms with Crippen molar-refractivity contribution in [2.75, 3.05) is 6.26 Å². The van der Waals surface area contributed by atoms with Crippen molar-refractivity contribution in [2.24, 2.45) is 0 Å². The standard InChI is InChI=1S/C23H28F2N2O5S/c1-4-5-6-7-8-9-14-23(2)15-18(16-10-12-17(13-11-16)32-22(24)25)19(20(28)26-23)21(29)27-33(3,30)31/h10-13,22H,4-8,15H2,1-3H3,(H,26,28)(H,27,29)/t23-/m1/s1. The van der Waals surface area contributed by atoms with Crippen LogP contribution in [0.25, 0.3) is 5.57 Å². The monoisotopic (exact) mass is 482 g/mol. The van der Waals surface area contributed by atoms with Crippen LogP contribution in [0, 0.1) is 11.8 Å². The number of amides is 2. The van der Waals surface area contributed by atoms with Gasteiger partial charge in [0.15, 0.2) is 0 Å². The second-order valence-corrected chi connectivity index (χ2v) is 9.78. The minimum absolute atomic E-state index is 0.0913. The Morgan fingerprint density at radius 1 is 1.24 bits per heavy atom. The molecule has 2 rings (SSSR count). The number of carbonyl (C=O) groups excluding carboxylic acids is 2. The molecule has 0 fully saturated rings. The maximum absolute atomic E-state index is 12.9. The van der Waals surface area contributed by atoms with Crippen molar-refractivity contribution in [3.63, 3.8) is 0 Å². The van der Waals surface area contributed by atoms with Crippen molar-refractivity contribution in [3.05, 3.63) is 35.4 Å². The summed E-state index contributed by atoms with van der Waals surface area (Å²) in [5.74, 6) is 4.20. The fourth-order valence-electron chi connectivity index (χ4n) is 3.45. The van der Waals surface area contributed by atoms with E-state index in [0.29, 0.717) is 12.0 Å². The SMILES string of the molecule is CCCCCCC#C[C@]1(C)CC(c2ccc(OC(F)F)cc2)=C(C(=O)NS(C)(=O)=O)C(=O)N1. The number of alkyl halides is 2. The molecule has 0 saturated heterocycles. The van der Waals surface area contributed by atoms with E-state index >= 15 is 0 Å². The Morgan fingerprint density at radius 3 is 2.48 bits per heavy atom. The molecule has 33 heavy (non-hydrogen) atoms. The summed E-state index contributed by atoms with van der Waals surface area (Å²) in [4.78, 5) is 25.5. The molecule has 0 saturated carbocycles. The van der Waals surface area contributed by atoms with Gasteiger partial charge in [-0.25, -0.2) is 13.1 Å². The highest BCUT2D eigenvalue weighted by Crippen LogP contribution is 2.33. The molecule has 0 bridgehead atoms. The molecule has 180 valence electrons. The number of rotatable bonds is 9. The van der Waals surface area contributed by atoms with Gasteiger partial charge in [-0.3, -0.25) is 9.59 Å². The third-order valence-electron chi connectivity index (χ3n) is 4.90. The lowest BCUT2D eigenvalue weighted by Gasteiger charge is -2.33. The zero-order valence-corrected chi connectivity index (χ0v) is 19.7. The molecule has 10 heteroatoms. The van der Waals surface area contributed by atoms with Gasteiger partial charge in [-0.2, -0.15) is 8.78 Å². The quantitative estimate of drug-likeness (QED) is 0.319. The van der Waals surface area contributed by atoms with Crippen LogP contribution in [-0.2, 0) is 19.6 Å². The average molecular weight is 483 g/mol. The smallest absolute Gasteiger partial charge is 0.387 e. The van der Waals surface area contributed by atoms with E-state index in [4.69, 9.17) is 0 Å². The topological polar surface area (TPSA) is 102 Å². The Morgan fingerprint density at radius 2 is 1.91 bits per heavy atom. The lowest BCUT2D eigenvalue weighted by molar-refractivity contribution is -0.123. The van der Waals surface area contributed by atoms with Gasteiger partial charge in [0.1, 0.15) is 16.9 Å². The molecule has 0 unspecified atom stereocenters. The number of sulfonamides is 1. The van der Waals surface area contributed by atoms with E-state index in [1.807, 2.05) is 4.72 Å². The second-order valence-electron chi connectivity index (χ2n) is 8.04. The van der Waals surface area contributed by atoms with Crippen LogP contribution in [0.3, 0.4) is 0 Å². The van der Waals surface area contributed by atoms with Gasteiger partial charge in [-0.05, 0) is 36.6 Å². The molecule has 2 amide bonds. The predicted octanol–water partition coefficient (Wildman–Crippen LogP) is 3.37. The zero-order valence-electron chi connectivity index (χ0n) is 18.8. The molecule has 1 atom stereocenters. The fraction of sp³-hybridized carbons (Fsp3) is 0.478. The van der Waals surface area contributed by atoms with Crippen molar-refractivity contribution in [2.45, 2.75) is 64.5 Å². The third-order valence-corrected chi connectivity index (χ3v) is 5.46. The van der Waals surface area contributed by atoms with E-state index in [-0.39, 0.29) is 23.3 Å². The highest BCUT2D eigenvalue weighted by atomic mass is 32.2. The summed E-state index contributed by atoms with van der Waals surface area (Å²) in [6.45, 7) is 0.827. The molecule has 2 N–H and O–H groups in total. The number of nitrogens with one attached hydrogen (secondary N) is 2. The summed E-state index contributed by atoms with van der Waals surface area (Å²) >= 11 is 0. The Bertz CT molecular complexity index is 1070. The maximum Gasteiger partial charge on any atom is 0.387 e. The maximum atomic E-state index is 12.9. The van der Waals surface area contributed by atoms with Crippen LogP contribution >= 0.6 is 0 Å². The molecule has 7 nitrogen and oxygen atoms in total. The van der Waals surface area contributed by atoms with Crippen LogP contribution in [0.5, 0.6) is 5.75 Å². The Hall–Kier alpha value is -2.93. The molecule has 0 aliphatic carbocycles. The van der Waals surface area contributed by atoms with Crippen molar-refractivity contribution in [1.82, 2.24) is 10.0 Å². The van der Waals surface area contributed by atoms with E-state index in [2.05, 4.69) is 28.8 Å². The Balaban J connectivity index is 2.41. The van der Waals surface area contributed by atoms with Gasteiger partial charge in [-0.1, -0.05) is 44.2 Å². The van der Waals surface area contributed by atoms with Gasteiger partial charge in [0, 0.05) is 12.8 Å². The highest BCUT2D eigenvalue weighted by molar-refractivity contribution is 7.89. The summed E-state index contributed by atoms with van der Waals surface area (Å²) in [6.07, 6.45) is 5.79. The Kier molecular flexibility index (Phi) is 8.99. The predicted molar refractivity (Wildman–Crippen MR) is 121 cm³/mol. The molecule has 1 aromatic rings. The summed E-state index contributed by atoms with van der Waals surface area (Å²) in [6, 6.07) is 5.42. The zero-order chi connectivity index (χ0) is 24.6. The molecule has 0 aromatic heterocycles. The lowest BCUT2D eigenvalue weighted by atomic mass is 9.82. The van der Waals surface area contributed by atoms with E-state index in [9.17, 15) is 26.8 Å². The largest absolute Gasteiger partial charge is 0.435 e. The summed E-state index contributed by atoms with van der Waals surface area (Å²) in [5.41, 5.74) is -0.720. The number of unbranched alkanes of at least 4 members (excludes halogenated alkanes) is 4. The first-order valence-corrected chi connectivity index (χ1v) is 12.5. The molecule has 1 aliphatic heterocycles. The van der Waals surface area contributed by atoms with E-state index in [0.717, 1.165) is 31.9 Å². The molecule has 1 aliphatic rings. The molecule has 1 aromatic carbocycles. The summed E-state index contributed by atoms with van der Waals surface area (Å²) in [5, 5.41) is 2.70. The van der Waals surface area contributed by atoms with Gasteiger partial charge >= 0.3 is 6.61 Å². The van der Waals surface area contributed by atoms with Crippen LogP contribution in [0.4, 0.5) is 8.78 Å². The Labute approximate surface area is 193 Å². The minimum Gasteiger partial charge on any atom is -0.435 e. The number of halogens is 2. The normalized spacial score (nSPS) is 18.4. The lowest BCUT2D eigenvalue weighted by Crippen LogP contribution is -2.51. The van der Waals surface area contributed by atoms with Gasteiger partial charge in [-0.15, -0.1) is 5.92 Å². The van der Waals surface area contributed by atoms with Crippen LogP contribution in [0.15, 0.2) is 29.8 Å². The van der Waals surface area contributed by atoms with E-state index in [1.165, 1.54) is 24.3 Å². The van der Waals surface area contributed by atoms with E-state index in [1.54, 1.807) is 6.92 Å². The van der Waals surface area contributed by atoms with Gasteiger partial charge in [0.2, 0.25) is 10.0 Å². The van der Waals surface area contributed by atoms with Crippen molar-refractivity contribution in [1.29, 1.82) is 0 Å². The summed E-state index contributed by atoms with van der Waals surface area (Å²) in [7, 11) is -3.92. The second kappa shape index (κ2) is 11.3. The minimum atomic E-state index is -3.92. The number of carbonyl (C=O) groups is 2. The number of ether oxygens (including phenoxy) is 1. The molecule has 0 radical (unpaired) electrons. The van der Waals surface area contributed by atoms with Crippen molar-refractivity contribution >= 4 is 27.4 Å². The number of benzene rings is 1. The van der Waals surface area contributed by atoms with Gasteiger partial charge in [0.05, 0.1) is 6.26 Å². The first-order chi connectivity index (χ1) is 15.4. The third kappa shape index (κ3) is 8.17. The fourth-order valence-corrected chi connectivity index (χ4v) is 3.89. The first kappa shape index (κ1) is 26.3. The summed E-state index contributed by atoms with van der Waals surface area (Å²) < 4.78 is 54.2. The van der Waals surface area contributed by atoms with Gasteiger partial charge < -0.3 is 10.1 Å². The van der Waals surface area contributed by atoms with E-state index < -0.39 is 34.0 Å². The van der Waals surface area contributed by atoms with Gasteiger partial charge in [0.25, 0.3) is 11.8 Å². The van der Waals surface area contributed by atoms with Crippen molar-refractivity contribution < 1.29 is 31.5 Å². The molecular formula is C23H28F2N2O5S. The van der Waals surface area contributed by atoms with Crippen LogP contribution < -0.4 is 14.8 Å². The number of hydrogen-bond donors (Lipinski definition) is 2. The van der Waals surface area contributed by atoms with Crippen LogP contribution in [-0.4, -0.2) is 38.6 Å². The van der Waals surface area contributed by atoms with Crippen molar-refractivity contribution in [3.8, 4) is 17.6 Å². The molecule has 0 spiro atoms. The van der Waals surface area contributed by atoms with Crippen LogP contribution in [0.1, 0.15) is 57.9 Å². The average Bonchev–Trinajstić information content (AvgIpc) is 2.68.